The van der Waals surface area contributed by atoms with Crippen molar-refractivity contribution in [1.29, 1.82) is 0 Å². The van der Waals surface area contributed by atoms with Gasteiger partial charge in [0, 0.05) is 19.2 Å². The van der Waals surface area contributed by atoms with Gasteiger partial charge in [0.15, 0.2) is 6.61 Å². The molecule has 1 fully saturated rings. The number of likely N-dealkylation sites (tertiary alicyclic amines) is 1. The van der Waals surface area contributed by atoms with E-state index in [9.17, 15) is 4.79 Å². The molecule has 1 amide bonds. The summed E-state index contributed by atoms with van der Waals surface area (Å²) < 4.78 is 11.6. The van der Waals surface area contributed by atoms with Gasteiger partial charge in [0.05, 0.1) is 11.6 Å². The lowest BCUT2D eigenvalue weighted by atomic mass is 9.99. The molecule has 1 heterocycles. The number of piperidine rings is 1. The highest BCUT2D eigenvalue weighted by molar-refractivity contribution is 9.10. The first-order valence-corrected chi connectivity index (χ1v) is 7.63. The summed E-state index contributed by atoms with van der Waals surface area (Å²) in [6, 6.07) is 5.46. The second-order valence-corrected chi connectivity index (χ2v) is 6.00. The molecular weight excluding hydrogens is 322 g/mol. The van der Waals surface area contributed by atoms with Crippen LogP contribution < -0.4 is 9.47 Å². The first-order valence-electron chi connectivity index (χ1n) is 6.84. The molecule has 1 aromatic carbocycles. The molecule has 20 heavy (non-hydrogen) atoms. The predicted molar refractivity (Wildman–Crippen MR) is 81.2 cm³/mol. The van der Waals surface area contributed by atoms with Crippen LogP contribution >= 0.6 is 15.9 Å². The van der Waals surface area contributed by atoms with Crippen molar-refractivity contribution in [3.8, 4) is 11.5 Å². The van der Waals surface area contributed by atoms with Crippen LogP contribution in [-0.4, -0.2) is 37.6 Å². The zero-order valence-corrected chi connectivity index (χ0v) is 13.5. The van der Waals surface area contributed by atoms with Crippen LogP contribution in [0.15, 0.2) is 22.7 Å². The molecule has 0 aliphatic carbocycles. The lowest BCUT2D eigenvalue weighted by molar-refractivity contribution is -0.134. The molecule has 0 N–H and O–H groups in total. The zero-order chi connectivity index (χ0) is 14.5. The SMILES string of the molecule is COc1ccc(Br)c(OCC(=O)N2CCC(C)CC2)c1. The van der Waals surface area contributed by atoms with E-state index >= 15 is 0 Å². The number of ether oxygens (including phenoxy) is 2. The Hall–Kier alpha value is -1.23. The predicted octanol–water partition coefficient (Wildman–Crippen LogP) is 3.10. The minimum absolute atomic E-state index is 0.0478. The average molecular weight is 342 g/mol. The van der Waals surface area contributed by atoms with Gasteiger partial charge in [-0.2, -0.15) is 0 Å². The highest BCUT2D eigenvalue weighted by atomic mass is 79.9. The van der Waals surface area contributed by atoms with Crippen molar-refractivity contribution in [3.05, 3.63) is 22.7 Å². The summed E-state index contributed by atoms with van der Waals surface area (Å²) in [5, 5.41) is 0. The second kappa shape index (κ2) is 6.97. The minimum Gasteiger partial charge on any atom is -0.497 e. The highest BCUT2D eigenvalue weighted by Gasteiger charge is 2.20. The molecule has 1 aliphatic rings. The van der Waals surface area contributed by atoms with Crippen LogP contribution in [0.1, 0.15) is 19.8 Å². The lowest BCUT2D eigenvalue weighted by Gasteiger charge is -2.30. The molecule has 0 unspecified atom stereocenters. The van der Waals surface area contributed by atoms with E-state index in [0.717, 1.165) is 30.4 Å². The van der Waals surface area contributed by atoms with E-state index in [1.807, 2.05) is 17.0 Å². The van der Waals surface area contributed by atoms with Crippen molar-refractivity contribution in [2.24, 2.45) is 5.92 Å². The summed E-state index contributed by atoms with van der Waals surface area (Å²) in [4.78, 5) is 14.0. The van der Waals surface area contributed by atoms with Crippen LogP contribution in [0.5, 0.6) is 11.5 Å². The third kappa shape index (κ3) is 3.88. The van der Waals surface area contributed by atoms with Gasteiger partial charge < -0.3 is 14.4 Å². The standard InChI is InChI=1S/C15H20BrNO3/c1-11-5-7-17(8-6-11)15(18)10-20-14-9-12(19-2)3-4-13(14)16/h3-4,9,11H,5-8,10H2,1-2H3. The maximum absolute atomic E-state index is 12.1. The molecule has 4 nitrogen and oxygen atoms in total. The van der Waals surface area contributed by atoms with E-state index in [4.69, 9.17) is 9.47 Å². The van der Waals surface area contributed by atoms with Gasteiger partial charge in [-0.15, -0.1) is 0 Å². The first-order chi connectivity index (χ1) is 9.60. The van der Waals surface area contributed by atoms with Crippen LogP contribution in [0.4, 0.5) is 0 Å². The van der Waals surface area contributed by atoms with Gasteiger partial charge in [-0.25, -0.2) is 0 Å². The van der Waals surface area contributed by atoms with Crippen molar-refractivity contribution in [1.82, 2.24) is 4.90 Å². The molecule has 2 rings (SSSR count). The van der Waals surface area contributed by atoms with Gasteiger partial charge in [-0.3, -0.25) is 4.79 Å². The Labute approximate surface area is 128 Å². The van der Waals surface area contributed by atoms with E-state index in [2.05, 4.69) is 22.9 Å². The van der Waals surface area contributed by atoms with Gasteiger partial charge in [0.1, 0.15) is 11.5 Å². The summed E-state index contributed by atoms with van der Waals surface area (Å²) in [5.74, 6) is 2.10. The fourth-order valence-electron chi connectivity index (χ4n) is 2.21. The number of carbonyl (C=O) groups is 1. The summed E-state index contributed by atoms with van der Waals surface area (Å²) in [7, 11) is 1.60. The Balaban J connectivity index is 1.90. The third-order valence-electron chi connectivity index (χ3n) is 3.63. The molecule has 0 saturated carbocycles. The van der Waals surface area contributed by atoms with Crippen LogP contribution in [0.25, 0.3) is 0 Å². The molecule has 1 saturated heterocycles. The molecule has 0 bridgehead atoms. The summed E-state index contributed by atoms with van der Waals surface area (Å²) >= 11 is 3.41. The number of methoxy groups -OCH3 is 1. The quantitative estimate of drug-likeness (QED) is 0.844. The molecule has 0 atom stereocenters. The largest absolute Gasteiger partial charge is 0.497 e. The van der Waals surface area contributed by atoms with E-state index in [1.165, 1.54) is 0 Å². The number of carbonyl (C=O) groups excluding carboxylic acids is 1. The second-order valence-electron chi connectivity index (χ2n) is 5.15. The Morgan fingerprint density at radius 2 is 2.10 bits per heavy atom. The van der Waals surface area contributed by atoms with Crippen molar-refractivity contribution in [2.75, 3.05) is 26.8 Å². The van der Waals surface area contributed by atoms with E-state index in [0.29, 0.717) is 17.4 Å². The molecule has 110 valence electrons. The van der Waals surface area contributed by atoms with Crippen molar-refractivity contribution >= 4 is 21.8 Å². The fraction of sp³-hybridized carbons (Fsp3) is 0.533. The number of hydrogen-bond acceptors (Lipinski definition) is 3. The average Bonchev–Trinajstić information content (AvgIpc) is 2.47. The number of hydrogen-bond donors (Lipinski definition) is 0. The van der Waals surface area contributed by atoms with E-state index in [1.54, 1.807) is 13.2 Å². The van der Waals surface area contributed by atoms with Gasteiger partial charge >= 0.3 is 0 Å². The number of nitrogens with zero attached hydrogens (tertiary/aromatic N) is 1. The number of amides is 1. The third-order valence-corrected chi connectivity index (χ3v) is 4.28. The summed E-state index contributed by atoms with van der Waals surface area (Å²) in [5.41, 5.74) is 0. The van der Waals surface area contributed by atoms with E-state index in [-0.39, 0.29) is 12.5 Å². The number of benzene rings is 1. The fourth-order valence-corrected chi connectivity index (χ4v) is 2.57. The first kappa shape index (κ1) is 15.2. The zero-order valence-electron chi connectivity index (χ0n) is 11.9. The van der Waals surface area contributed by atoms with Crippen LogP contribution in [0.3, 0.4) is 0 Å². The van der Waals surface area contributed by atoms with Gasteiger partial charge in [-0.05, 0) is 46.8 Å². The van der Waals surface area contributed by atoms with Crippen molar-refractivity contribution in [3.63, 3.8) is 0 Å². The molecular formula is C15H20BrNO3. The van der Waals surface area contributed by atoms with Crippen molar-refractivity contribution < 1.29 is 14.3 Å². The monoisotopic (exact) mass is 341 g/mol. The molecule has 5 heteroatoms. The minimum atomic E-state index is 0.0478. The Bertz CT molecular complexity index is 470. The number of halogens is 1. The van der Waals surface area contributed by atoms with Crippen LogP contribution in [-0.2, 0) is 4.79 Å². The van der Waals surface area contributed by atoms with Gasteiger partial charge in [0.2, 0.25) is 0 Å². The van der Waals surface area contributed by atoms with Crippen LogP contribution in [0, 0.1) is 5.92 Å². The maximum atomic E-state index is 12.1. The molecule has 0 radical (unpaired) electrons. The Kier molecular flexibility index (Phi) is 5.29. The highest BCUT2D eigenvalue weighted by Crippen LogP contribution is 2.29. The topological polar surface area (TPSA) is 38.8 Å². The molecule has 0 aromatic heterocycles. The Morgan fingerprint density at radius 1 is 1.40 bits per heavy atom. The normalized spacial score (nSPS) is 16.1. The molecule has 0 spiro atoms. The molecule has 1 aromatic rings. The van der Waals surface area contributed by atoms with Gasteiger partial charge in [-0.1, -0.05) is 6.92 Å². The van der Waals surface area contributed by atoms with Gasteiger partial charge in [0.25, 0.3) is 5.91 Å². The van der Waals surface area contributed by atoms with E-state index < -0.39 is 0 Å². The summed E-state index contributed by atoms with van der Waals surface area (Å²) in [6.45, 7) is 3.97. The Morgan fingerprint density at radius 3 is 2.75 bits per heavy atom. The maximum Gasteiger partial charge on any atom is 0.260 e. The van der Waals surface area contributed by atoms with Crippen LogP contribution in [0.2, 0.25) is 0 Å². The number of rotatable bonds is 4. The smallest absolute Gasteiger partial charge is 0.260 e. The lowest BCUT2D eigenvalue weighted by Crippen LogP contribution is -2.40. The summed E-state index contributed by atoms with van der Waals surface area (Å²) in [6.07, 6.45) is 2.16. The molecule has 1 aliphatic heterocycles. The van der Waals surface area contributed by atoms with Crippen molar-refractivity contribution in [2.45, 2.75) is 19.8 Å².